The summed E-state index contributed by atoms with van der Waals surface area (Å²) >= 11 is 1.50. The van der Waals surface area contributed by atoms with E-state index in [-0.39, 0.29) is 24.1 Å². The molecule has 0 atom stereocenters. The van der Waals surface area contributed by atoms with Gasteiger partial charge in [0.1, 0.15) is 5.75 Å². The Kier molecular flexibility index (Phi) is 10.0. The summed E-state index contributed by atoms with van der Waals surface area (Å²) in [5.74, 6) is -0.702. The largest absolute Gasteiger partial charge is 0.481 e. The molecule has 12 nitrogen and oxygen atoms in total. The van der Waals surface area contributed by atoms with Crippen LogP contribution in [0.25, 0.3) is 0 Å². The maximum absolute atomic E-state index is 12.7. The van der Waals surface area contributed by atoms with E-state index in [1.165, 1.54) is 41.3 Å². The van der Waals surface area contributed by atoms with E-state index in [0.717, 1.165) is 32.5 Å². The van der Waals surface area contributed by atoms with Gasteiger partial charge in [-0.15, -0.1) is 5.10 Å². The number of ether oxygens (including phenoxy) is 1. The quantitative estimate of drug-likeness (QED) is 0.352. The molecule has 2 aliphatic heterocycles. The van der Waals surface area contributed by atoms with Crippen molar-refractivity contribution < 1.29 is 24.2 Å². The number of aliphatic carboxylic acids is 1. The number of amides is 2. The van der Waals surface area contributed by atoms with Gasteiger partial charge >= 0.3 is 12.1 Å². The molecule has 2 aliphatic rings. The van der Waals surface area contributed by atoms with Crippen LogP contribution in [-0.2, 0) is 17.9 Å². The van der Waals surface area contributed by atoms with Crippen LogP contribution in [0.5, 0.6) is 5.75 Å². The molecule has 0 spiro atoms. The van der Waals surface area contributed by atoms with E-state index in [1.807, 2.05) is 24.3 Å². The average Bonchev–Trinajstić information content (AvgIpc) is 3.45. The Labute approximate surface area is 248 Å². The maximum Gasteiger partial charge on any atom is 0.415 e. The van der Waals surface area contributed by atoms with Crippen LogP contribution < -0.4 is 10.1 Å². The van der Waals surface area contributed by atoms with Crippen molar-refractivity contribution >= 4 is 35.4 Å². The average molecular weight is 594 g/mol. The summed E-state index contributed by atoms with van der Waals surface area (Å²) in [4.78, 5) is 40.4. The fourth-order valence-corrected chi connectivity index (χ4v) is 6.12. The highest BCUT2D eigenvalue weighted by Gasteiger charge is 2.26. The fourth-order valence-electron chi connectivity index (χ4n) is 5.04. The van der Waals surface area contributed by atoms with Crippen LogP contribution in [0.1, 0.15) is 54.4 Å². The van der Waals surface area contributed by atoms with Crippen LogP contribution in [0.15, 0.2) is 53.7 Å². The zero-order valence-electron chi connectivity index (χ0n) is 23.4. The summed E-state index contributed by atoms with van der Waals surface area (Å²) in [7, 11) is 0. The molecule has 2 aromatic carbocycles. The van der Waals surface area contributed by atoms with Crippen LogP contribution in [-0.4, -0.2) is 84.5 Å². The number of tetrazole rings is 1. The summed E-state index contributed by atoms with van der Waals surface area (Å²) in [6.07, 6.45) is 4.80. The molecule has 1 aromatic heterocycles. The summed E-state index contributed by atoms with van der Waals surface area (Å²) < 4.78 is 7.06. The zero-order valence-corrected chi connectivity index (χ0v) is 24.2. The van der Waals surface area contributed by atoms with Gasteiger partial charge in [-0.25, -0.2) is 9.48 Å². The van der Waals surface area contributed by atoms with Gasteiger partial charge in [0.25, 0.3) is 5.91 Å². The highest BCUT2D eigenvalue weighted by molar-refractivity contribution is 7.99. The number of piperidine rings is 2. The van der Waals surface area contributed by atoms with Crippen LogP contribution in [0.3, 0.4) is 0 Å². The number of aromatic nitrogens is 4. The van der Waals surface area contributed by atoms with Crippen molar-refractivity contribution in [3.8, 4) is 5.75 Å². The van der Waals surface area contributed by atoms with Gasteiger partial charge in [-0.05, 0) is 91.2 Å². The number of hydrogen-bond acceptors (Lipinski definition) is 9. The number of benzene rings is 2. The van der Waals surface area contributed by atoms with Crippen molar-refractivity contribution in [2.24, 2.45) is 0 Å². The number of anilines is 1. The number of carbonyl (C=O) groups is 3. The molecule has 2 N–H and O–H groups in total. The van der Waals surface area contributed by atoms with Crippen LogP contribution in [0.2, 0.25) is 0 Å². The van der Waals surface area contributed by atoms with Crippen molar-refractivity contribution in [3.63, 3.8) is 0 Å². The lowest BCUT2D eigenvalue weighted by Crippen LogP contribution is -2.41. The van der Waals surface area contributed by atoms with E-state index >= 15 is 0 Å². The smallest absolute Gasteiger partial charge is 0.415 e. The lowest BCUT2D eigenvalue weighted by molar-refractivity contribution is -0.137. The molecule has 3 heterocycles. The fraction of sp³-hybridized carbons (Fsp3) is 0.448. The molecule has 222 valence electrons. The molecule has 2 saturated heterocycles. The molecule has 42 heavy (non-hydrogen) atoms. The number of hydrogen-bond donors (Lipinski definition) is 2. The van der Waals surface area contributed by atoms with Crippen molar-refractivity contribution in [1.82, 2.24) is 30.0 Å². The van der Waals surface area contributed by atoms with Crippen molar-refractivity contribution in [2.45, 2.75) is 62.0 Å². The molecular weight excluding hydrogens is 558 g/mol. The first-order chi connectivity index (χ1) is 20.4. The molecule has 0 unspecified atom stereocenters. The molecule has 0 bridgehead atoms. The highest BCUT2D eigenvalue weighted by Crippen LogP contribution is 2.29. The second-order valence-electron chi connectivity index (χ2n) is 10.5. The van der Waals surface area contributed by atoms with E-state index in [0.29, 0.717) is 35.2 Å². The van der Waals surface area contributed by atoms with Gasteiger partial charge in [-0.3, -0.25) is 14.5 Å². The summed E-state index contributed by atoms with van der Waals surface area (Å²) in [6, 6.07) is 14.5. The summed E-state index contributed by atoms with van der Waals surface area (Å²) in [5, 5.41) is 24.1. The molecule has 0 saturated carbocycles. The second-order valence-corrected chi connectivity index (χ2v) is 11.8. The van der Waals surface area contributed by atoms with Crippen LogP contribution >= 0.6 is 11.8 Å². The minimum Gasteiger partial charge on any atom is -0.481 e. The Morgan fingerprint density at radius 1 is 0.952 bits per heavy atom. The van der Waals surface area contributed by atoms with Gasteiger partial charge in [0.05, 0.1) is 13.0 Å². The predicted molar refractivity (Wildman–Crippen MR) is 157 cm³/mol. The Morgan fingerprint density at radius 3 is 2.36 bits per heavy atom. The first-order valence-electron chi connectivity index (χ1n) is 14.3. The number of aryl methyl sites for hydroxylation is 1. The third-order valence-corrected chi connectivity index (χ3v) is 8.71. The number of thioether (sulfide) groups is 1. The van der Waals surface area contributed by atoms with Crippen LogP contribution in [0, 0.1) is 0 Å². The Balaban J connectivity index is 1.05. The SMILES string of the molecule is O=C(O)CCn1nnnc1SC1CCN(C(=O)Oc2ccc(NC(=O)c3ccc(CN4CCCCC4)cc3)cc2)CC1. The number of carboxylic acids is 1. The third-order valence-electron chi connectivity index (χ3n) is 7.40. The van der Waals surface area contributed by atoms with Gasteiger partial charge in [0.15, 0.2) is 0 Å². The Morgan fingerprint density at radius 2 is 1.67 bits per heavy atom. The van der Waals surface area contributed by atoms with Gasteiger partial charge in [0.2, 0.25) is 5.16 Å². The summed E-state index contributed by atoms with van der Waals surface area (Å²) in [5.41, 5.74) is 2.41. The number of rotatable bonds is 10. The van der Waals surface area contributed by atoms with Gasteiger partial charge in [-0.2, -0.15) is 0 Å². The van der Waals surface area contributed by atoms with Gasteiger partial charge < -0.3 is 20.1 Å². The minimum absolute atomic E-state index is 0.0525. The minimum atomic E-state index is -0.906. The molecule has 0 aliphatic carbocycles. The number of likely N-dealkylation sites (tertiary alicyclic amines) is 2. The van der Waals surface area contributed by atoms with Gasteiger partial charge in [-0.1, -0.05) is 30.3 Å². The first-order valence-corrected chi connectivity index (χ1v) is 15.1. The molecule has 0 radical (unpaired) electrons. The predicted octanol–water partition coefficient (Wildman–Crippen LogP) is 4.14. The number of nitrogens with one attached hydrogen (secondary N) is 1. The number of carbonyl (C=O) groups excluding carboxylic acids is 2. The molecule has 2 fully saturated rings. The second kappa shape index (κ2) is 14.3. The third kappa shape index (κ3) is 8.29. The Bertz CT molecular complexity index is 1350. The van der Waals surface area contributed by atoms with Crippen LogP contribution in [0.4, 0.5) is 10.5 Å². The van der Waals surface area contributed by atoms with E-state index in [1.54, 1.807) is 29.2 Å². The monoisotopic (exact) mass is 593 g/mol. The van der Waals surface area contributed by atoms with Crippen molar-refractivity contribution in [3.05, 3.63) is 59.7 Å². The van der Waals surface area contributed by atoms with E-state index in [4.69, 9.17) is 9.84 Å². The molecule has 5 rings (SSSR count). The lowest BCUT2D eigenvalue weighted by atomic mass is 10.1. The number of nitrogens with zero attached hydrogens (tertiary/aromatic N) is 6. The van der Waals surface area contributed by atoms with Crippen molar-refractivity contribution in [1.29, 1.82) is 0 Å². The molecule has 2 amide bonds. The lowest BCUT2D eigenvalue weighted by Gasteiger charge is -2.30. The van der Waals surface area contributed by atoms with E-state index in [9.17, 15) is 14.4 Å². The standard InChI is InChI=1S/C29H35N7O5S/c37-26(38)14-19-36-28(31-32-33-36)42-25-12-17-35(18-13-25)29(40)41-24-10-8-23(9-11-24)30-27(39)22-6-4-21(5-7-22)20-34-15-2-1-3-16-34/h4-11,25H,1-3,12-20H2,(H,30,39)(H,37,38). The zero-order chi connectivity index (χ0) is 29.3. The molecule has 3 aromatic rings. The maximum atomic E-state index is 12.7. The normalized spacial score (nSPS) is 16.2. The van der Waals surface area contributed by atoms with Gasteiger partial charge in [0, 0.05) is 36.1 Å². The Hall–Kier alpha value is -3.97. The van der Waals surface area contributed by atoms with E-state index < -0.39 is 12.1 Å². The number of carboxylic acid groups (broad SMARTS) is 1. The highest BCUT2D eigenvalue weighted by atomic mass is 32.2. The topological polar surface area (TPSA) is 143 Å². The molecule has 13 heteroatoms. The molecular formula is C29H35N7O5S. The first kappa shape index (κ1) is 29.5. The van der Waals surface area contributed by atoms with Crippen molar-refractivity contribution in [2.75, 3.05) is 31.5 Å². The van der Waals surface area contributed by atoms with E-state index in [2.05, 4.69) is 25.7 Å². The summed E-state index contributed by atoms with van der Waals surface area (Å²) in [6.45, 7) is 4.44.